The average Bonchev–Trinajstić information content (AvgIpc) is 2.87. The van der Waals surface area contributed by atoms with Crippen molar-refractivity contribution in [2.45, 2.75) is 19.8 Å². The van der Waals surface area contributed by atoms with Crippen LogP contribution in [0.2, 0.25) is 0 Å². The van der Waals surface area contributed by atoms with Crippen LogP contribution >= 0.6 is 11.3 Å². The minimum absolute atomic E-state index is 0.573. The van der Waals surface area contributed by atoms with Gasteiger partial charge in [-0.2, -0.15) is 0 Å². The van der Waals surface area contributed by atoms with Crippen LogP contribution in [0.25, 0.3) is 10.4 Å². The average molecular weight is 262 g/mol. The van der Waals surface area contributed by atoms with Gasteiger partial charge in [-0.3, -0.25) is 0 Å². The molecule has 0 aliphatic rings. The van der Waals surface area contributed by atoms with Gasteiger partial charge in [-0.05, 0) is 41.8 Å². The van der Waals surface area contributed by atoms with Gasteiger partial charge in [-0.25, -0.2) is 0 Å². The first-order chi connectivity index (χ1) is 8.65. The van der Waals surface area contributed by atoms with Crippen molar-refractivity contribution in [1.82, 2.24) is 0 Å². The molecule has 0 saturated carbocycles. The lowest BCUT2D eigenvalue weighted by Crippen LogP contribution is -1.90. The maximum absolute atomic E-state index is 5.33. The lowest BCUT2D eigenvalue weighted by Gasteiger charge is -2.08. The Bertz CT molecular complexity index is 529. The van der Waals surface area contributed by atoms with Gasteiger partial charge in [0.15, 0.2) is 11.5 Å². The van der Waals surface area contributed by atoms with E-state index in [1.165, 1.54) is 15.3 Å². The summed E-state index contributed by atoms with van der Waals surface area (Å²) < 4.78 is 10.6. The van der Waals surface area contributed by atoms with Gasteiger partial charge in [-0.15, -0.1) is 11.3 Å². The molecule has 0 radical (unpaired) electrons. The first-order valence-corrected chi connectivity index (χ1v) is 6.79. The van der Waals surface area contributed by atoms with E-state index in [-0.39, 0.29) is 0 Å². The van der Waals surface area contributed by atoms with Gasteiger partial charge in [0.05, 0.1) is 14.2 Å². The lowest BCUT2D eigenvalue weighted by atomic mass is 10.1. The number of methoxy groups -OCH3 is 2. The highest BCUT2D eigenvalue weighted by molar-refractivity contribution is 7.15. The summed E-state index contributed by atoms with van der Waals surface area (Å²) in [6, 6.07) is 10.4. The maximum Gasteiger partial charge on any atom is 0.161 e. The number of hydrogen-bond acceptors (Lipinski definition) is 3. The zero-order chi connectivity index (χ0) is 13.1. The van der Waals surface area contributed by atoms with Crippen LogP contribution in [0.1, 0.15) is 24.6 Å². The summed E-state index contributed by atoms with van der Waals surface area (Å²) in [4.78, 5) is 2.67. The molecule has 0 bridgehead atoms. The molecule has 0 aliphatic carbocycles. The van der Waals surface area contributed by atoms with Crippen LogP contribution < -0.4 is 9.47 Å². The molecule has 0 atom stereocenters. The van der Waals surface area contributed by atoms with Gasteiger partial charge < -0.3 is 9.47 Å². The molecule has 1 aromatic carbocycles. The molecule has 0 saturated heterocycles. The van der Waals surface area contributed by atoms with Gasteiger partial charge in [-0.1, -0.05) is 13.8 Å². The third kappa shape index (κ3) is 2.51. The fraction of sp³-hybridized carbons (Fsp3) is 0.333. The Morgan fingerprint density at radius 1 is 0.944 bits per heavy atom. The fourth-order valence-electron chi connectivity index (χ4n) is 1.81. The normalized spacial score (nSPS) is 10.7. The van der Waals surface area contributed by atoms with E-state index < -0.39 is 0 Å². The van der Waals surface area contributed by atoms with Crippen molar-refractivity contribution in [1.29, 1.82) is 0 Å². The summed E-state index contributed by atoms with van der Waals surface area (Å²) in [5.74, 6) is 2.11. The third-order valence-electron chi connectivity index (χ3n) is 2.86. The highest BCUT2D eigenvalue weighted by Crippen LogP contribution is 2.36. The first kappa shape index (κ1) is 13.0. The van der Waals surface area contributed by atoms with Crippen molar-refractivity contribution in [3.8, 4) is 21.9 Å². The zero-order valence-corrected chi connectivity index (χ0v) is 12.0. The predicted molar refractivity (Wildman–Crippen MR) is 76.9 cm³/mol. The summed E-state index contributed by atoms with van der Waals surface area (Å²) >= 11 is 1.83. The molecule has 0 amide bonds. The van der Waals surface area contributed by atoms with E-state index in [1.807, 2.05) is 23.5 Å². The molecule has 18 heavy (non-hydrogen) atoms. The predicted octanol–water partition coefficient (Wildman–Crippen LogP) is 4.56. The van der Waals surface area contributed by atoms with Crippen molar-refractivity contribution in [2.75, 3.05) is 14.2 Å². The second-order valence-corrected chi connectivity index (χ2v) is 5.54. The Hall–Kier alpha value is -1.48. The Kier molecular flexibility index (Phi) is 3.92. The van der Waals surface area contributed by atoms with Crippen LogP contribution in [0.5, 0.6) is 11.5 Å². The van der Waals surface area contributed by atoms with Crippen LogP contribution in [0.3, 0.4) is 0 Å². The maximum atomic E-state index is 5.33. The number of benzene rings is 1. The molecule has 0 fully saturated rings. The second kappa shape index (κ2) is 5.44. The molecule has 2 nitrogen and oxygen atoms in total. The molecule has 0 spiro atoms. The monoisotopic (exact) mass is 262 g/mol. The van der Waals surface area contributed by atoms with Gasteiger partial charge in [0.1, 0.15) is 0 Å². The molecule has 0 unspecified atom stereocenters. The Balaban J connectivity index is 2.38. The van der Waals surface area contributed by atoms with Crippen molar-refractivity contribution >= 4 is 11.3 Å². The van der Waals surface area contributed by atoms with Crippen LogP contribution in [-0.2, 0) is 0 Å². The van der Waals surface area contributed by atoms with Gasteiger partial charge in [0.2, 0.25) is 0 Å². The Labute approximate surface area is 112 Å². The number of rotatable bonds is 4. The largest absolute Gasteiger partial charge is 0.493 e. The van der Waals surface area contributed by atoms with Crippen molar-refractivity contribution < 1.29 is 9.47 Å². The first-order valence-electron chi connectivity index (χ1n) is 5.98. The van der Waals surface area contributed by atoms with Crippen LogP contribution in [-0.4, -0.2) is 14.2 Å². The third-order valence-corrected chi connectivity index (χ3v) is 4.30. The second-order valence-electron chi connectivity index (χ2n) is 4.43. The van der Waals surface area contributed by atoms with Crippen LogP contribution in [0.4, 0.5) is 0 Å². The van der Waals surface area contributed by atoms with E-state index in [0.29, 0.717) is 5.92 Å². The molecule has 2 aromatic rings. The van der Waals surface area contributed by atoms with E-state index in [1.54, 1.807) is 14.2 Å². The highest BCUT2D eigenvalue weighted by atomic mass is 32.1. The summed E-state index contributed by atoms with van der Waals surface area (Å²) in [6.45, 7) is 4.43. The highest BCUT2D eigenvalue weighted by Gasteiger charge is 2.09. The molecule has 1 heterocycles. The minimum atomic E-state index is 0.573. The molecule has 3 heteroatoms. The van der Waals surface area contributed by atoms with E-state index in [4.69, 9.17) is 9.47 Å². The SMILES string of the molecule is COc1ccc(-c2ccc(C(C)C)s2)cc1OC. The van der Waals surface area contributed by atoms with Gasteiger partial charge in [0.25, 0.3) is 0 Å². The van der Waals surface area contributed by atoms with E-state index in [0.717, 1.165) is 11.5 Å². The van der Waals surface area contributed by atoms with Crippen molar-refractivity contribution in [2.24, 2.45) is 0 Å². The van der Waals surface area contributed by atoms with E-state index in [9.17, 15) is 0 Å². The van der Waals surface area contributed by atoms with E-state index in [2.05, 4.69) is 32.0 Å². The summed E-state index contributed by atoms with van der Waals surface area (Å²) in [5, 5.41) is 0. The quantitative estimate of drug-likeness (QED) is 0.804. The molecular formula is C15H18O2S. The minimum Gasteiger partial charge on any atom is -0.493 e. The van der Waals surface area contributed by atoms with E-state index >= 15 is 0 Å². The van der Waals surface area contributed by atoms with Crippen molar-refractivity contribution in [3.63, 3.8) is 0 Å². The van der Waals surface area contributed by atoms with Crippen molar-refractivity contribution in [3.05, 3.63) is 35.2 Å². The molecule has 96 valence electrons. The lowest BCUT2D eigenvalue weighted by molar-refractivity contribution is 0.355. The Morgan fingerprint density at radius 3 is 2.22 bits per heavy atom. The van der Waals surface area contributed by atoms with Gasteiger partial charge >= 0.3 is 0 Å². The molecule has 2 rings (SSSR count). The summed E-state index contributed by atoms with van der Waals surface area (Å²) in [7, 11) is 3.31. The fourth-order valence-corrected chi connectivity index (χ4v) is 2.81. The molecule has 0 aliphatic heterocycles. The molecular weight excluding hydrogens is 244 g/mol. The summed E-state index contributed by atoms with van der Waals surface area (Å²) in [5.41, 5.74) is 1.17. The number of ether oxygens (including phenoxy) is 2. The zero-order valence-electron chi connectivity index (χ0n) is 11.2. The standard InChI is InChI=1S/C15H18O2S/c1-10(2)14-7-8-15(18-14)11-5-6-12(16-3)13(9-11)17-4/h5-10H,1-4H3. The smallest absolute Gasteiger partial charge is 0.161 e. The van der Waals surface area contributed by atoms with Crippen LogP contribution in [0.15, 0.2) is 30.3 Å². The molecule has 1 aromatic heterocycles. The molecule has 0 N–H and O–H groups in total. The summed E-state index contributed by atoms with van der Waals surface area (Å²) in [6.07, 6.45) is 0. The van der Waals surface area contributed by atoms with Crippen LogP contribution in [0, 0.1) is 0 Å². The number of hydrogen-bond donors (Lipinski definition) is 0. The topological polar surface area (TPSA) is 18.5 Å². The Morgan fingerprint density at radius 2 is 1.67 bits per heavy atom. The number of thiophene rings is 1. The van der Waals surface area contributed by atoms with Gasteiger partial charge in [0, 0.05) is 9.75 Å².